The average Bonchev–Trinajstić information content (AvgIpc) is 2.36. The van der Waals surface area contributed by atoms with Crippen LogP contribution in [0.15, 0.2) is 6.07 Å². The van der Waals surface area contributed by atoms with Crippen molar-refractivity contribution in [1.29, 1.82) is 0 Å². The first kappa shape index (κ1) is 16.7. The third kappa shape index (κ3) is 3.84. The van der Waals surface area contributed by atoms with E-state index >= 15 is 0 Å². The molecule has 1 aromatic heterocycles. The van der Waals surface area contributed by atoms with Crippen LogP contribution in [0.5, 0.6) is 0 Å². The highest BCUT2D eigenvalue weighted by atomic mass is 15.2. The van der Waals surface area contributed by atoms with E-state index in [4.69, 9.17) is 4.98 Å². The van der Waals surface area contributed by atoms with Crippen molar-refractivity contribution < 1.29 is 0 Å². The van der Waals surface area contributed by atoms with E-state index in [1.165, 1.54) is 0 Å². The van der Waals surface area contributed by atoms with Gasteiger partial charge in [0.1, 0.15) is 17.5 Å². The summed E-state index contributed by atoms with van der Waals surface area (Å²) in [6.45, 7) is 16.1. The summed E-state index contributed by atoms with van der Waals surface area (Å²) in [4.78, 5) is 11.7. The Morgan fingerprint density at radius 2 is 1.70 bits per heavy atom. The smallest absolute Gasteiger partial charge is 0.138 e. The fourth-order valence-corrected chi connectivity index (χ4v) is 1.76. The summed E-state index contributed by atoms with van der Waals surface area (Å²) < 4.78 is 0. The second kappa shape index (κ2) is 5.98. The van der Waals surface area contributed by atoms with Crippen molar-refractivity contribution >= 4 is 11.6 Å². The Labute approximate surface area is 124 Å². The molecule has 1 N–H and O–H groups in total. The average molecular weight is 278 g/mol. The minimum atomic E-state index is -0.0582. The van der Waals surface area contributed by atoms with Gasteiger partial charge in [-0.3, -0.25) is 0 Å². The van der Waals surface area contributed by atoms with Crippen LogP contribution in [0.25, 0.3) is 0 Å². The van der Waals surface area contributed by atoms with Crippen molar-refractivity contribution in [3.05, 3.63) is 11.9 Å². The molecular formula is C16H30N4. The molecular weight excluding hydrogens is 248 g/mol. The highest BCUT2D eigenvalue weighted by molar-refractivity contribution is 5.51. The molecule has 0 fully saturated rings. The van der Waals surface area contributed by atoms with Crippen molar-refractivity contribution in [3.63, 3.8) is 0 Å². The topological polar surface area (TPSA) is 41.0 Å². The van der Waals surface area contributed by atoms with Crippen LogP contribution in [0, 0.1) is 0 Å². The molecule has 0 aliphatic heterocycles. The lowest BCUT2D eigenvalue weighted by molar-refractivity contribution is 0.463. The van der Waals surface area contributed by atoms with Crippen LogP contribution in [0.1, 0.15) is 60.7 Å². The van der Waals surface area contributed by atoms with E-state index in [-0.39, 0.29) is 11.0 Å². The number of nitrogens with one attached hydrogen (secondary N) is 1. The summed E-state index contributed by atoms with van der Waals surface area (Å²) in [5.74, 6) is 2.76. The Balaban J connectivity index is 3.28. The van der Waals surface area contributed by atoms with Crippen molar-refractivity contribution in [2.45, 2.75) is 65.8 Å². The summed E-state index contributed by atoms with van der Waals surface area (Å²) >= 11 is 0. The third-order valence-electron chi connectivity index (χ3n) is 3.86. The SMILES string of the molecule is CCNc1cc(N(C)C(C)(C)CC)nc(C(C)(C)C)n1. The van der Waals surface area contributed by atoms with Gasteiger partial charge in [0.2, 0.25) is 0 Å². The summed E-state index contributed by atoms with van der Waals surface area (Å²) in [7, 11) is 2.11. The highest BCUT2D eigenvalue weighted by Gasteiger charge is 2.25. The lowest BCUT2D eigenvalue weighted by Crippen LogP contribution is -2.41. The molecule has 0 unspecified atom stereocenters. The maximum atomic E-state index is 4.78. The van der Waals surface area contributed by atoms with Crippen LogP contribution in [0.4, 0.5) is 11.6 Å². The number of rotatable bonds is 5. The maximum Gasteiger partial charge on any atom is 0.138 e. The molecule has 4 heteroatoms. The first-order valence-corrected chi connectivity index (χ1v) is 7.49. The van der Waals surface area contributed by atoms with E-state index in [9.17, 15) is 0 Å². The van der Waals surface area contributed by atoms with Crippen molar-refractivity contribution in [1.82, 2.24) is 9.97 Å². The van der Waals surface area contributed by atoms with Gasteiger partial charge in [-0.2, -0.15) is 0 Å². The van der Waals surface area contributed by atoms with E-state index in [0.29, 0.717) is 0 Å². The molecule has 1 heterocycles. The van der Waals surface area contributed by atoms with Crippen LogP contribution in [-0.4, -0.2) is 29.1 Å². The zero-order valence-corrected chi connectivity index (χ0v) is 14.3. The normalized spacial score (nSPS) is 12.4. The Morgan fingerprint density at radius 3 is 2.15 bits per heavy atom. The maximum absolute atomic E-state index is 4.78. The fourth-order valence-electron chi connectivity index (χ4n) is 1.76. The number of nitrogens with zero attached hydrogens (tertiary/aromatic N) is 3. The predicted molar refractivity (Wildman–Crippen MR) is 87.7 cm³/mol. The van der Waals surface area contributed by atoms with E-state index in [2.05, 4.69) is 70.7 Å². The molecule has 4 nitrogen and oxygen atoms in total. The molecule has 20 heavy (non-hydrogen) atoms. The van der Waals surface area contributed by atoms with Gasteiger partial charge in [0.25, 0.3) is 0 Å². The molecule has 0 amide bonds. The Bertz CT molecular complexity index is 446. The number of hydrogen-bond donors (Lipinski definition) is 1. The summed E-state index contributed by atoms with van der Waals surface area (Å²) in [6, 6.07) is 2.04. The van der Waals surface area contributed by atoms with Crippen molar-refractivity contribution in [2.24, 2.45) is 0 Å². The second-order valence-electron chi connectivity index (χ2n) is 6.94. The van der Waals surface area contributed by atoms with Crippen LogP contribution >= 0.6 is 0 Å². The van der Waals surface area contributed by atoms with E-state index in [1.54, 1.807) is 0 Å². The van der Waals surface area contributed by atoms with Crippen LogP contribution in [0.3, 0.4) is 0 Å². The molecule has 0 saturated carbocycles. The molecule has 0 saturated heterocycles. The van der Waals surface area contributed by atoms with Gasteiger partial charge in [-0.1, -0.05) is 27.7 Å². The molecule has 1 rings (SSSR count). The zero-order valence-electron chi connectivity index (χ0n) is 14.3. The zero-order chi connectivity index (χ0) is 15.6. The highest BCUT2D eigenvalue weighted by Crippen LogP contribution is 2.28. The Kier molecular flexibility index (Phi) is 5.00. The first-order valence-electron chi connectivity index (χ1n) is 7.49. The lowest BCUT2D eigenvalue weighted by atomic mass is 9.95. The van der Waals surface area contributed by atoms with E-state index in [0.717, 1.165) is 30.4 Å². The molecule has 114 valence electrons. The molecule has 1 aromatic rings. The van der Waals surface area contributed by atoms with Crippen LogP contribution < -0.4 is 10.2 Å². The lowest BCUT2D eigenvalue weighted by Gasteiger charge is -2.36. The van der Waals surface area contributed by atoms with Crippen LogP contribution in [-0.2, 0) is 5.41 Å². The minimum absolute atomic E-state index is 0.0582. The van der Waals surface area contributed by atoms with Crippen molar-refractivity contribution in [3.8, 4) is 0 Å². The second-order valence-corrected chi connectivity index (χ2v) is 6.94. The third-order valence-corrected chi connectivity index (χ3v) is 3.86. The number of aromatic nitrogens is 2. The van der Waals surface area contributed by atoms with Gasteiger partial charge >= 0.3 is 0 Å². The van der Waals surface area contributed by atoms with Gasteiger partial charge in [-0.05, 0) is 27.2 Å². The summed E-state index contributed by atoms with van der Waals surface area (Å²) in [5, 5.41) is 3.31. The molecule has 0 bridgehead atoms. The van der Waals surface area contributed by atoms with Gasteiger partial charge in [-0.25, -0.2) is 9.97 Å². The van der Waals surface area contributed by atoms with Gasteiger partial charge in [-0.15, -0.1) is 0 Å². The first-order chi connectivity index (χ1) is 9.11. The molecule has 0 aliphatic rings. The number of anilines is 2. The number of hydrogen-bond acceptors (Lipinski definition) is 4. The Morgan fingerprint density at radius 1 is 1.10 bits per heavy atom. The molecule has 0 spiro atoms. The van der Waals surface area contributed by atoms with Gasteiger partial charge in [0, 0.05) is 30.6 Å². The standard InChI is InChI=1S/C16H30N4/c1-9-16(6,7)20(8)13-11-12(17-10-2)18-14(19-13)15(3,4)5/h11H,9-10H2,1-8H3,(H,17,18,19). The largest absolute Gasteiger partial charge is 0.370 e. The molecule has 0 aliphatic carbocycles. The van der Waals surface area contributed by atoms with E-state index < -0.39 is 0 Å². The Hall–Kier alpha value is -1.32. The monoisotopic (exact) mass is 278 g/mol. The summed E-state index contributed by atoms with van der Waals surface area (Å²) in [5.41, 5.74) is 0.0182. The van der Waals surface area contributed by atoms with Gasteiger partial charge < -0.3 is 10.2 Å². The quantitative estimate of drug-likeness (QED) is 0.888. The van der Waals surface area contributed by atoms with Crippen LogP contribution in [0.2, 0.25) is 0 Å². The van der Waals surface area contributed by atoms with Gasteiger partial charge in [0.05, 0.1) is 0 Å². The molecule has 0 radical (unpaired) electrons. The minimum Gasteiger partial charge on any atom is -0.370 e. The van der Waals surface area contributed by atoms with E-state index in [1.807, 2.05) is 6.07 Å². The van der Waals surface area contributed by atoms with Crippen molar-refractivity contribution in [2.75, 3.05) is 23.8 Å². The molecule has 0 atom stereocenters. The predicted octanol–water partition coefficient (Wildman–Crippen LogP) is 3.83. The molecule has 0 aromatic carbocycles. The fraction of sp³-hybridized carbons (Fsp3) is 0.750. The van der Waals surface area contributed by atoms with Gasteiger partial charge in [0.15, 0.2) is 0 Å². The summed E-state index contributed by atoms with van der Waals surface area (Å²) in [6.07, 6.45) is 1.06.